The Labute approximate surface area is 123 Å². The van der Waals surface area contributed by atoms with Gasteiger partial charge in [0, 0.05) is 24.9 Å². The number of rotatable bonds is 6. The molecule has 0 unspecified atom stereocenters. The lowest BCUT2D eigenvalue weighted by atomic mass is 10.1. The molecule has 0 saturated carbocycles. The van der Waals surface area contributed by atoms with Crippen molar-refractivity contribution in [3.05, 3.63) is 53.9 Å². The Morgan fingerprint density at radius 2 is 1.81 bits per heavy atom. The van der Waals surface area contributed by atoms with Crippen molar-refractivity contribution >= 4 is 5.91 Å². The van der Waals surface area contributed by atoms with Gasteiger partial charge in [-0.2, -0.15) is 0 Å². The van der Waals surface area contributed by atoms with Crippen LogP contribution in [-0.2, 0) is 6.42 Å². The molecule has 0 aliphatic heterocycles. The molecule has 2 aromatic rings. The molecule has 0 spiro atoms. The van der Waals surface area contributed by atoms with Gasteiger partial charge in [-0.15, -0.1) is 0 Å². The van der Waals surface area contributed by atoms with Gasteiger partial charge in [0.2, 0.25) is 0 Å². The molecule has 0 fully saturated rings. The van der Waals surface area contributed by atoms with Crippen molar-refractivity contribution in [1.29, 1.82) is 0 Å². The average molecular weight is 286 g/mol. The first kappa shape index (κ1) is 14.8. The van der Waals surface area contributed by atoms with Crippen LogP contribution in [0.15, 0.2) is 42.6 Å². The van der Waals surface area contributed by atoms with Gasteiger partial charge in [-0.3, -0.25) is 9.78 Å². The summed E-state index contributed by atoms with van der Waals surface area (Å²) in [6, 6.07) is 11.0. The number of carbonyl (C=O) groups is 1. The van der Waals surface area contributed by atoms with Crippen LogP contribution in [0.5, 0.6) is 11.5 Å². The lowest BCUT2D eigenvalue weighted by molar-refractivity contribution is 0.0948. The van der Waals surface area contributed by atoms with Crippen LogP contribution in [0.3, 0.4) is 0 Å². The topological polar surface area (TPSA) is 60.5 Å². The van der Waals surface area contributed by atoms with Gasteiger partial charge >= 0.3 is 0 Å². The Morgan fingerprint density at radius 3 is 2.38 bits per heavy atom. The van der Waals surface area contributed by atoms with Crippen molar-refractivity contribution < 1.29 is 14.3 Å². The van der Waals surface area contributed by atoms with E-state index in [2.05, 4.69) is 10.3 Å². The van der Waals surface area contributed by atoms with E-state index in [0.29, 0.717) is 30.0 Å². The van der Waals surface area contributed by atoms with E-state index in [4.69, 9.17) is 9.47 Å². The molecular formula is C16H18N2O3. The molecule has 1 N–H and O–H groups in total. The number of benzene rings is 1. The molecule has 5 heteroatoms. The third kappa shape index (κ3) is 3.72. The van der Waals surface area contributed by atoms with Crippen LogP contribution in [-0.4, -0.2) is 31.7 Å². The quantitative estimate of drug-likeness (QED) is 0.883. The fourth-order valence-corrected chi connectivity index (χ4v) is 2.01. The highest BCUT2D eigenvalue weighted by Crippen LogP contribution is 2.27. The molecular weight excluding hydrogens is 268 g/mol. The third-order valence-corrected chi connectivity index (χ3v) is 3.05. The van der Waals surface area contributed by atoms with Gasteiger partial charge in [-0.25, -0.2) is 0 Å². The Bertz CT molecular complexity index is 577. The van der Waals surface area contributed by atoms with E-state index in [1.807, 2.05) is 18.2 Å². The van der Waals surface area contributed by atoms with Crippen LogP contribution in [0.2, 0.25) is 0 Å². The first-order valence-electron chi connectivity index (χ1n) is 6.65. The van der Waals surface area contributed by atoms with E-state index >= 15 is 0 Å². The first-order valence-corrected chi connectivity index (χ1v) is 6.65. The summed E-state index contributed by atoms with van der Waals surface area (Å²) in [6.45, 7) is 0.497. The maximum Gasteiger partial charge on any atom is 0.258 e. The van der Waals surface area contributed by atoms with Crippen molar-refractivity contribution in [1.82, 2.24) is 10.3 Å². The molecule has 1 aromatic heterocycles. The standard InChI is InChI=1S/C16H18N2O3/c1-20-13-7-5-8-14(21-2)15(13)16(19)18-11-9-12-6-3-4-10-17-12/h3-8,10H,9,11H2,1-2H3,(H,18,19). The van der Waals surface area contributed by atoms with E-state index in [9.17, 15) is 4.79 Å². The van der Waals surface area contributed by atoms with Gasteiger partial charge in [0.05, 0.1) is 14.2 Å². The normalized spacial score (nSPS) is 10.0. The van der Waals surface area contributed by atoms with E-state index in [1.54, 1.807) is 24.4 Å². The summed E-state index contributed by atoms with van der Waals surface area (Å²) < 4.78 is 10.4. The summed E-state index contributed by atoms with van der Waals surface area (Å²) in [5.41, 5.74) is 1.34. The van der Waals surface area contributed by atoms with Gasteiger partial charge < -0.3 is 14.8 Å². The maximum atomic E-state index is 12.3. The Kier molecular flexibility index (Phi) is 5.15. The number of carbonyl (C=O) groups excluding carboxylic acids is 1. The predicted octanol–water partition coefficient (Wildman–Crippen LogP) is 2.07. The zero-order valence-electron chi connectivity index (χ0n) is 12.1. The predicted molar refractivity (Wildman–Crippen MR) is 79.8 cm³/mol. The number of amides is 1. The van der Waals surface area contributed by atoms with Gasteiger partial charge in [0.25, 0.3) is 5.91 Å². The third-order valence-electron chi connectivity index (χ3n) is 3.05. The summed E-state index contributed by atoms with van der Waals surface area (Å²) in [4.78, 5) is 16.5. The molecule has 0 aliphatic carbocycles. The summed E-state index contributed by atoms with van der Waals surface area (Å²) in [7, 11) is 3.05. The van der Waals surface area contributed by atoms with Crippen LogP contribution in [0.1, 0.15) is 16.1 Å². The summed E-state index contributed by atoms with van der Waals surface area (Å²) in [5.74, 6) is 0.759. The van der Waals surface area contributed by atoms with Crippen LogP contribution < -0.4 is 14.8 Å². The minimum Gasteiger partial charge on any atom is -0.496 e. The Balaban J connectivity index is 2.03. The molecule has 2 rings (SSSR count). The first-order chi connectivity index (χ1) is 10.3. The molecule has 0 bridgehead atoms. The molecule has 0 radical (unpaired) electrons. The van der Waals surface area contributed by atoms with E-state index < -0.39 is 0 Å². The monoisotopic (exact) mass is 286 g/mol. The molecule has 1 heterocycles. The van der Waals surface area contributed by atoms with Crippen LogP contribution in [0.4, 0.5) is 0 Å². The average Bonchev–Trinajstić information content (AvgIpc) is 2.54. The van der Waals surface area contributed by atoms with E-state index in [1.165, 1.54) is 14.2 Å². The van der Waals surface area contributed by atoms with Gasteiger partial charge in [-0.1, -0.05) is 12.1 Å². The maximum absolute atomic E-state index is 12.3. The van der Waals surface area contributed by atoms with Gasteiger partial charge in [-0.05, 0) is 24.3 Å². The zero-order valence-corrected chi connectivity index (χ0v) is 12.1. The summed E-state index contributed by atoms with van der Waals surface area (Å²) in [5, 5.41) is 2.86. The molecule has 0 saturated heterocycles. The summed E-state index contributed by atoms with van der Waals surface area (Å²) >= 11 is 0. The minimum atomic E-state index is -0.222. The zero-order chi connectivity index (χ0) is 15.1. The van der Waals surface area contributed by atoms with Crippen molar-refractivity contribution in [3.8, 4) is 11.5 Å². The highest BCUT2D eigenvalue weighted by molar-refractivity contribution is 5.99. The number of nitrogens with zero attached hydrogens (tertiary/aromatic N) is 1. The van der Waals surface area contributed by atoms with Crippen LogP contribution >= 0.6 is 0 Å². The SMILES string of the molecule is COc1cccc(OC)c1C(=O)NCCc1ccccn1. The highest BCUT2D eigenvalue weighted by Gasteiger charge is 2.17. The molecule has 5 nitrogen and oxygen atoms in total. The molecule has 21 heavy (non-hydrogen) atoms. The molecule has 0 atom stereocenters. The highest BCUT2D eigenvalue weighted by atomic mass is 16.5. The van der Waals surface area contributed by atoms with Crippen molar-refractivity contribution in [2.24, 2.45) is 0 Å². The largest absolute Gasteiger partial charge is 0.496 e. The molecule has 0 aliphatic rings. The number of hydrogen-bond donors (Lipinski definition) is 1. The second-order valence-corrected chi connectivity index (χ2v) is 4.36. The van der Waals surface area contributed by atoms with Crippen LogP contribution in [0, 0.1) is 0 Å². The number of pyridine rings is 1. The lowest BCUT2D eigenvalue weighted by Crippen LogP contribution is -2.26. The number of ether oxygens (including phenoxy) is 2. The smallest absolute Gasteiger partial charge is 0.258 e. The number of nitrogens with one attached hydrogen (secondary N) is 1. The van der Waals surface area contributed by atoms with E-state index in [-0.39, 0.29) is 5.91 Å². The van der Waals surface area contributed by atoms with Gasteiger partial charge in [0.1, 0.15) is 17.1 Å². The van der Waals surface area contributed by atoms with E-state index in [0.717, 1.165) is 5.69 Å². The molecule has 1 amide bonds. The fourth-order valence-electron chi connectivity index (χ4n) is 2.01. The number of methoxy groups -OCH3 is 2. The van der Waals surface area contributed by atoms with Crippen LogP contribution in [0.25, 0.3) is 0 Å². The Hall–Kier alpha value is -2.56. The molecule has 110 valence electrons. The minimum absolute atomic E-state index is 0.222. The van der Waals surface area contributed by atoms with Crippen molar-refractivity contribution in [2.75, 3.05) is 20.8 Å². The Morgan fingerprint density at radius 1 is 1.10 bits per heavy atom. The number of hydrogen-bond acceptors (Lipinski definition) is 4. The van der Waals surface area contributed by atoms with Gasteiger partial charge in [0.15, 0.2) is 0 Å². The second-order valence-electron chi connectivity index (χ2n) is 4.36. The summed E-state index contributed by atoms with van der Waals surface area (Å²) in [6.07, 6.45) is 2.41. The van der Waals surface area contributed by atoms with Crippen molar-refractivity contribution in [2.45, 2.75) is 6.42 Å². The number of aromatic nitrogens is 1. The lowest BCUT2D eigenvalue weighted by Gasteiger charge is -2.12. The fraction of sp³-hybridized carbons (Fsp3) is 0.250. The molecule has 1 aromatic carbocycles. The van der Waals surface area contributed by atoms with Crippen molar-refractivity contribution in [3.63, 3.8) is 0 Å². The second kappa shape index (κ2) is 7.28.